The Bertz CT molecular complexity index is 748. The topological polar surface area (TPSA) is 91.2 Å². The molecule has 0 unspecified atom stereocenters. The van der Waals surface area contributed by atoms with E-state index in [0.717, 1.165) is 5.69 Å². The summed E-state index contributed by atoms with van der Waals surface area (Å²) >= 11 is 0. The van der Waals surface area contributed by atoms with Crippen molar-refractivity contribution in [1.29, 1.82) is 5.26 Å². The molecule has 0 atom stereocenters. The smallest absolute Gasteiger partial charge is 0.339 e. The fraction of sp³-hybridized carbons (Fsp3) is 0.118. The van der Waals surface area contributed by atoms with E-state index in [2.05, 4.69) is 15.4 Å². The highest BCUT2D eigenvalue weighted by Gasteiger charge is 2.12. The Morgan fingerprint density at radius 3 is 2.48 bits per heavy atom. The Balaban J connectivity index is 1.97. The number of esters is 1. The molecule has 0 aliphatic rings. The molecule has 1 amide bonds. The molecular weight excluding hydrogens is 294 g/mol. The van der Waals surface area contributed by atoms with Gasteiger partial charge < -0.3 is 15.4 Å². The molecule has 0 aromatic heterocycles. The molecule has 0 saturated heterocycles. The molecule has 0 spiro atoms. The molecule has 0 aliphatic carbocycles. The zero-order valence-corrected chi connectivity index (χ0v) is 12.5. The number of carbonyl (C=O) groups is 2. The second kappa shape index (κ2) is 7.61. The van der Waals surface area contributed by atoms with Crippen LogP contribution < -0.4 is 10.6 Å². The zero-order chi connectivity index (χ0) is 16.7. The number of ether oxygens (including phenoxy) is 1. The van der Waals surface area contributed by atoms with Gasteiger partial charge in [0.2, 0.25) is 5.91 Å². The summed E-state index contributed by atoms with van der Waals surface area (Å²) in [5.74, 6) is -0.813. The van der Waals surface area contributed by atoms with Crippen molar-refractivity contribution < 1.29 is 14.3 Å². The van der Waals surface area contributed by atoms with Gasteiger partial charge in [-0.3, -0.25) is 4.79 Å². The fourth-order valence-electron chi connectivity index (χ4n) is 1.92. The Kier molecular flexibility index (Phi) is 5.31. The van der Waals surface area contributed by atoms with Crippen LogP contribution in [0.1, 0.15) is 15.9 Å². The number of hydrogen-bond donors (Lipinski definition) is 2. The first kappa shape index (κ1) is 16.0. The van der Waals surface area contributed by atoms with Crippen LogP contribution in [0.4, 0.5) is 11.4 Å². The summed E-state index contributed by atoms with van der Waals surface area (Å²) in [6, 6.07) is 15.4. The summed E-state index contributed by atoms with van der Waals surface area (Å²) in [5.41, 5.74) is 1.96. The van der Waals surface area contributed by atoms with Gasteiger partial charge in [0.05, 0.1) is 36.5 Å². The van der Waals surface area contributed by atoms with E-state index in [9.17, 15) is 9.59 Å². The lowest BCUT2D eigenvalue weighted by molar-refractivity contribution is -0.114. The second-order valence-electron chi connectivity index (χ2n) is 4.63. The molecule has 23 heavy (non-hydrogen) atoms. The van der Waals surface area contributed by atoms with Gasteiger partial charge in [-0.1, -0.05) is 12.1 Å². The van der Waals surface area contributed by atoms with Gasteiger partial charge in [0.15, 0.2) is 0 Å². The van der Waals surface area contributed by atoms with E-state index < -0.39 is 5.97 Å². The van der Waals surface area contributed by atoms with Crippen molar-refractivity contribution in [1.82, 2.24) is 0 Å². The van der Waals surface area contributed by atoms with E-state index in [4.69, 9.17) is 5.26 Å². The number of amides is 1. The van der Waals surface area contributed by atoms with Gasteiger partial charge in [-0.2, -0.15) is 5.26 Å². The average Bonchev–Trinajstić information content (AvgIpc) is 2.60. The van der Waals surface area contributed by atoms with Crippen molar-refractivity contribution >= 4 is 23.3 Å². The van der Waals surface area contributed by atoms with Gasteiger partial charge in [-0.15, -0.1) is 0 Å². The van der Waals surface area contributed by atoms with Gasteiger partial charge in [-0.25, -0.2) is 4.79 Å². The Morgan fingerprint density at radius 2 is 1.83 bits per heavy atom. The molecule has 0 fully saturated rings. The lowest BCUT2D eigenvalue weighted by Gasteiger charge is -2.10. The van der Waals surface area contributed by atoms with Gasteiger partial charge in [0.25, 0.3) is 0 Å². The van der Waals surface area contributed by atoms with Crippen molar-refractivity contribution in [3.63, 3.8) is 0 Å². The minimum atomic E-state index is -0.513. The number of benzene rings is 2. The molecule has 2 rings (SSSR count). The summed E-state index contributed by atoms with van der Waals surface area (Å²) in [5, 5.41) is 14.3. The first-order valence-corrected chi connectivity index (χ1v) is 6.85. The number of nitrogens with one attached hydrogen (secondary N) is 2. The van der Waals surface area contributed by atoms with E-state index in [1.54, 1.807) is 48.5 Å². The molecule has 116 valence electrons. The number of carbonyl (C=O) groups excluding carboxylic acids is 2. The minimum Gasteiger partial charge on any atom is -0.465 e. The molecule has 0 aliphatic heterocycles. The van der Waals surface area contributed by atoms with Crippen LogP contribution in [0.15, 0.2) is 48.5 Å². The van der Waals surface area contributed by atoms with Gasteiger partial charge >= 0.3 is 5.97 Å². The van der Waals surface area contributed by atoms with E-state index >= 15 is 0 Å². The normalized spacial score (nSPS) is 9.57. The Labute approximate surface area is 133 Å². The van der Waals surface area contributed by atoms with Gasteiger partial charge in [0.1, 0.15) is 0 Å². The largest absolute Gasteiger partial charge is 0.465 e. The second-order valence-corrected chi connectivity index (χ2v) is 4.63. The molecule has 0 heterocycles. The van der Waals surface area contributed by atoms with Crippen LogP contribution in [0.3, 0.4) is 0 Å². The van der Waals surface area contributed by atoms with E-state index in [0.29, 0.717) is 16.8 Å². The number of methoxy groups -OCH3 is 1. The third kappa shape index (κ3) is 4.32. The molecule has 2 aromatic rings. The first-order chi connectivity index (χ1) is 11.1. The summed E-state index contributed by atoms with van der Waals surface area (Å²) in [7, 11) is 1.29. The predicted molar refractivity (Wildman–Crippen MR) is 86.1 cm³/mol. The lowest BCUT2D eigenvalue weighted by Crippen LogP contribution is -2.23. The monoisotopic (exact) mass is 309 g/mol. The summed E-state index contributed by atoms with van der Waals surface area (Å²) < 4.78 is 4.68. The highest BCUT2D eigenvalue weighted by atomic mass is 16.5. The van der Waals surface area contributed by atoms with Crippen LogP contribution in [0.5, 0.6) is 0 Å². The molecule has 2 N–H and O–H groups in total. The van der Waals surface area contributed by atoms with Crippen LogP contribution in [-0.2, 0) is 9.53 Å². The Morgan fingerprint density at radius 1 is 1.13 bits per heavy atom. The molecule has 2 aromatic carbocycles. The van der Waals surface area contributed by atoms with Crippen LogP contribution >= 0.6 is 0 Å². The SMILES string of the molecule is COC(=O)c1ccccc1NC(=O)CNc1ccc(C#N)cc1. The van der Waals surface area contributed by atoms with Crippen molar-refractivity contribution in [2.45, 2.75) is 0 Å². The van der Waals surface area contributed by atoms with E-state index in [-0.39, 0.29) is 12.5 Å². The van der Waals surface area contributed by atoms with Crippen LogP contribution in [-0.4, -0.2) is 25.5 Å². The van der Waals surface area contributed by atoms with Crippen molar-refractivity contribution in [2.75, 3.05) is 24.3 Å². The minimum absolute atomic E-state index is 0.0292. The number of nitrogens with zero attached hydrogens (tertiary/aromatic N) is 1. The van der Waals surface area contributed by atoms with Gasteiger partial charge in [-0.05, 0) is 36.4 Å². The average molecular weight is 309 g/mol. The molecular formula is C17H15N3O3. The summed E-state index contributed by atoms with van der Waals surface area (Å²) in [6.45, 7) is 0.0292. The summed E-state index contributed by atoms with van der Waals surface area (Å²) in [4.78, 5) is 23.6. The van der Waals surface area contributed by atoms with Crippen LogP contribution in [0.25, 0.3) is 0 Å². The third-order valence-electron chi connectivity index (χ3n) is 3.07. The molecule has 6 nitrogen and oxygen atoms in total. The lowest BCUT2D eigenvalue weighted by atomic mass is 10.2. The quantitative estimate of drug-likeness (QED) is 0.828. The number of rotatable bonds is 5. The van der Waals surface area contributed by atoms with E-state index in [1.807, 2.05) is 6.07 Å². The number of hydrogen-bond acceptors (Lipinski definition) is 5. The first-order valence-electron chi connectivity index (χ1n) is 6.85. The molecule has 0 saturated carbocycles. The highest BCUT2D eigenvalue weighted by molar-refractivity contribution is 6.02. The summed E-state index contributed by atoms with van der Waals surface area (Å²) in [6.07, 6.45) is 0. The standard InChI is InChI=1S/C17H15N3O3/c1-23-17(22)14-4-2-3-5-15(14)20-16(21)11-19-13-8-6-12(10-18)7-9-13/h2-9,19H,11H2,1H3,(H,20,21). The maximum Gasteiger partial charge on any atom is 0.339 e. The molecule has 0 radical (unpaired) electrons. The van der Waals surface area contributed by atoms with Crippen LogP contribution in [0.2, 0.25) is 0 Å². The predicted octanol–water partition coefficient (Wildman–Crippen LogP) is 2.40. The number of para-hydroxylation sites is 1. The fourth-order valence-corrected chi connectivity index (χ4v) is 1.92. The number of anilines is 2. The molecule has 6 heteroatoms. The third-order valence-corrected chi connectivity index (χ3v) is 3.07. The molecule has 0 bridgehead atoms. The van der Waals surface area contributed by atoms with Crippen LogP contribution in [0, 0.1) is 11.3 Å². The van der Waals surface area contributed by atoms with Gasteiger partial charge in [0, 0.05) is 5.69 Å². The zero-order valence-electron chi connectivity index (χ0n) is 12.5. The number of nitriles is 1. The van der Waals surface area contributed by atoms with Crippen molar-refractivity contribution in [3.05, 3.63) is 59.7 Å². The maximum atomic E-state index is 12.0. The maximum absolute atomic E-state index is 12.0. The van der Waals surface area contributed by atoms with Crippen molar-refractivity contribution in [2.24, 2.45) is 0 Å². The highest BCUT2D eigenvalue weighted by Crippen LogP contribution is 2.16. The van der Waals surface area contributed by atoms with Crippen molar-refractivity contribution in [3.8, 4) is 6.07 Å². The Hall–Kier alpha value is -3.33. The van der Waals surface area contributed by atoms with E-state index in [1.165, 1.54) is 7.11 Å².